The summed E-state index contributed by atoms with van der Waals surface area (Å²) in [7, 11) is 0. The fourth-order valence-electron chi connectivity index (χ4n) is 2.26. The second-order valence-electron chi connectivity index (χ2n) is 4.79. The smallest absolute Gasteiger partial charge is 0.417 e. The molecule has 1 saturated heterocycles. The number of nitrogens with zero attached hydrogens (tertiary/aromatic N) is 3. The number of halogens is 4. The minimum Gasteiger partial charge on any atom is -0.465 e. The topological polar surface area (TPSA) is 56.7 Å². The van der Waals surface area contributed by atoms with Crippen LogP contribution in [-0.2, 0) is 6.18 Å². The zero-order valence-electron chi connectivity index (χ0n) is 11.2. The molecule has 2 heterocycles. The Hall–Kier alpha value is -1.71. The van der Waals surface area contributed by atoms with E-state index >= 15 is 0 Å². The van der Waals surface area contributed by atoms with E-state index in [4.69, 9.17) is 5.11 Å². The van der Waals surface area contributed by atoms with E-state index in [9.17, 15) is 22.4 Å². The molecule has 1 aromatic heterocycles. The molecule has 5 nitrogen and oxygen atoms in total. The fourth-order valence-corrected chi connectivity index (χ4v) is 2.57. The lowest BCUT2D eigenvalue weighted by Gasteiger charge is -2.40. The van der Waals surface area contributed by atoms with E-state index in [1.165, 1.54) is 4.90 Å². The molecule has 0 aliphatic carbocycles. The number of carbonyl (C=O) groups is 1. The zero-order valence-corrected chi connectivity index (χ0v) is 12.1. The predicted molar refractivity (Wildman–Crippen MR) is 73.8 cm³/mol. The highest BCUT2D eigenvalue weighted by molar-refractivity contribution is 7.80. The first-order chi connectivity index (χ1) is 10.2. The number of aromatic nitrogens is 1. The van der Waals surface area contributed by atoms with Gasteiger partial charge in [-0.3, -0.25) is 0 Å². The molecule has 0 saturated carbocycles. The van der Waals surface area contributed by atoms with Gasteiger partial charge in [0.25, 0.3) is 0 Å². The molecule has 1 aliphatic heterocycles. The number of rotatable bonds is 2. The average Bonchev–Trinajstić information content (AvgIpc) is 2.45. The van der Waals surface area contributed by atoms with Gasteiger partial charge in [-0.25, -0.2) is 14.2 Å². The van der Waals surface area contributed by atoms with Crippen molar-refractivity contribution in [2.24, 2.45) is 0 Å². The maximum atomic E-state index is 14.0. The Bertz CT molecular complexity index is 570. The lowest BCUT2D eigenvalue weighted by Crippen LogP contribution is -2.56. The van der Waals surface area contributed by atoms with Crippen LogP contribution in [0.5, 0.6) is 0 Å². The van der Waals surface area contributed by atoms with E-state index in [1.54, 1.807) is 0 Å². The fraction of sp³-hybridized carbons (Fsp3) is 0.500. The molecule has 0 aromatic carbocycles. The molecule has 1 amide bonds. The normalized spacial score (nSPS) is 19.4. The quantitative estimate of drug-likeness (QED) is 0.641. The average molecular weight is 339 g/mol. The first-order valence-corrected chi connectivity index (χ1v) is 6.95. The predicted octanol–water partition coefficient (Wildman–Crippen LogP) is 2.34. The van der Waals surface area contributed by atoms with Crippen molar-refractivity contribution in [1.82, 2.24) is 9.88 Å². The van der Waals surface area contributed by atoms with E-state index in [-0.39, 0.29) is 31.2 Å². The molecule has 0 spiro atoms. The standard InChI is InChI=1S/C12H13F4N3O2S/c13-9-3-7(12(14,15)16)4-17-10(9)19-2-1-18(11(20)21)5-8(19)6-22/h3-4,8,22H,1-2,5-6H2,(H,20,21). The van der Waals surface area contributed by atoms with Crippen LogP contribution in [-0.4, -0.2) is 52.5 Å². The van der Waals surface area contributed by atoms with Gasteiger partial charge in [-0.15, -0.1) is 0 Å². The van der Waals surface area contributed by atoms with Crippen LogP contribution in [0.15, 0.2) is 12.3 Å². The highest BCUT2D eigenvalue weighted by Crippen LogP contribution is 2.31. The van der Waals surface area contributed by atoms with Crippen LogP contribution < -0.4 is 4.90 Å². The Labute approximate surface area is 128 Å². The molecule has 1 aliphatic rings. The van der Waals surface area contributed by atoms with Crippen LogP contribution >= 0.6 is 12.6 Å². The Morgan fingerprint density at radius 1 is 1.45 bits per heavy atom. The van der Waals surface area contributed by atoms with Gasteiger partial charge in [0, 0.05) is 31.6 Å². The Balaban J connectivity index is 2.26. The van der Waals surface area contributed by atoms with Crippen molar-refractivity contribution in [1.29, 1.82) is 0 Å². The van der Waals surface area contributed by atoms with E-state index in [1.807, 2.05) is 0 Å². The first kappa shape index (κ1) is 16.7. The summed E-state index contributed by atoms with van der Waals surface area (Å²) in [5.74, 6) is -1.10. The van der Waals surface area contributed by atoms with Gasteiger partial charge in [0.2, 0.25) is 0 Å². The number of hydrogen-bond donors (Lipinski definition) is 2. The summed E-state index contributed by atoms with van der Waals surface area (Å²) in [4.78, 5) is 17.1. The SMILES string of the molecule is O=C(O)N1CCN(c2ncc(C(F)(F)F)cc2F)C(CS)C1. The van der Waals surface area contributed by atoms with Gasteiger partial charge in [0.1, 0.15) is 0 Å². The van der Waals surface area contributed by atoms with Crippen LogP contribution in [0.4, 0.5) is 28.2 Å². The second-order valence-corrected chi connectivity index (χ2v) is 5.15. The van der Waals surface area contributed by atoms with Gasteiger partial charge in [-0.05, 0) is 6.07 Å². The number of carboxylic acid groups (broad SMARTS) is 1. The number of hydrogen-bond acceptors (Lipinski definition) is 4. The molecule has 1 atom stereocenters. The Morgan fingerprint density at radius 3 is 2.64 bits per heavy atom. The molecule has 0 radical (unpaired) electrons. The number of alkyl halides is 3. The summed E-state index contributed by atoms with van der Waals surface area (Å²) in [5, 5.41) is 8.96. The maximum absolute atomic E-state index is 14.0. The monoisotopic (exact) mass is 339 g/mol. The number of pyridine rings is 1. The third kappa shape index (κ3) is 3.37. The lowest BCUT2D eigenvalue weighted by atomic mass is 10.1. The molecule has 22 heavy (non-hydrogen) atoms. The number of thiol groups is 1. The van der Waals surface area contributed by atoms with Crippen molar-refractivity contribution < 1.29 is 27.5 Å². The van der Waals surface area contributed by atoms with Gasteiger partial charge >= 0.3 is 12.3 Å². The first-order valence-electron chi connectivity index (χ1n) is 6.32. The molecule has 0 bridgehead atoms. The molecule has 2 rings (SSSR count). The van der Waals surface area contributed by atoms with Gasteiger partial charge in [0.05, 0.1) is 11.6 Å². The highest BCUT2D eigenvalue weighted by Gasteiger charge is 2.34. The lowest BCUT2D eigenvalue weighted by molar-refractivity contribution is -0.138. The van der Waals surface area contributed by atoms with Gasteiger partial charge < -0.3 is 14.9 Å². The summed E-state index contributed by atoms with van der Waals surface area (Å²) >= 11 is 4.09. The Morgan fingerprint density at radius 2 is 2.14 bits per heavy atom. The molecule has 1 fully saturated rings. The van der Waals surface area contributed by atoms with Gasteiger partial charge in [-0.2, -0.15) is 25.8 Å². The number of piperazine rings is 1. The van der Waals surface area contributed by atoms with E-state index in [0.717, 1.165) is 4.90 Å². The minimum absolute atomic E-state index is 0.0843. The summed E-state index contributed by atoms with van der Waals surface area (Å²) in [5.41, 5.74) is -1.17. The van der Waals surface area contributed by atoms with Crippen LogP contribution in [0.25, 0.3) is 0 Å². The largest absolute Gasteiger partial charge is 0.465 e. The molecule has 1 unspecified atom stereocenters. The minimum atomic E-state index is -4.67. The third-order valence-corrected chi connectivity index (χ3v) is 3.81. The third-order valence-electron chi connectivity index (χ3n) is 3.39. The van der Waals surface area contributed by atoms with Crippen molar-refractivity contribution in [3.8, 4) is 0 Å². The highest BCUT2D eigenvalue weighted by atomic mass is 32.1. The molecule has 1 aromatic rings. The molecular formula is C12H13F4N3O2S. The van der Waals surface area contributed by atoms with E-state index in [2.05, 4.69) is 17.6 Å². The molecule has 1 N–H and O–H groups in total. The van der Waals surface area contributed by atoms with Crippen molar-refractivity contribution in [3.05, 3.63) is 23.6 Å². The van der Waals surface area contributed by atoms with E-state index in [0.29, 0.717) is 12.3 Å². The van der Waals surface area contributed by atoms with Crippen molar-refractivity contribution in [2.45, 2.75) is 12.2 Å². The summed E-state index contributed by atoms with van der Waals surface area (Å²) in [6.45, 7) is 0.329. The van der Waals surface area contributed by atoms with Crippen LogP contribution in [0.3, 0.4) is 0 Å². The zero-order chi connectivity index (χ0) is 16.5. The number of amides is 1. The van der Waals surface area contributed by atoms with Crippen molar-refractivity contribution in [2.75, 3.05) is 30.3 Å². The summed E-state index contributed by atoms with van der Waals surface area (Å²) in [6.07, 6.45) is -5.21. The van der Waals surface area contributed by atoms with Crippen LogP contribution in [0, 0.1) is 5.82 Å². The summed E-state index contributed by atoms with van der Waals surface area (Å²) in [6, 6.07) is -0.0755. The van der Waals surface area contributed by atoms with Crippen molar-refractivity contribution >= 4 is 24.5 Å². The van der Waals surface area contributed by atoms with Crippen molar-refractivity contribution in [3.63, 3.8) is 0 Å². The van der Waals surface area contributed by atoms with Gasteiger partial charge in [0.15, 0.2) is 11.6 Å². The van der Waals surface area contributed by atoms with E-state index < -0.39 is 29.7 Å². The Kier molecular flexibility index (Phi) is 4.69. The number of anilines is 1. The molecule has 122 valence electrons. The van der Waals surface area contributed by atoms with Gasteiger partial charge in [-0.1, -0.05) is 0 Å². The summed E-state index contributed by atoms with van der Waals surface area (Å²) < 4.78 is 51.5. The maximum Gasteiger partial charge on any atom is 0.417 e. The molecule has 10 heteroatoms. The molecular weight excluding hydrogens is 326 g/mol. The van der Waals surface area contributed by atoms with Crippen LogP contribution in [0.1, 0.15) is 5.56 Å². The van der Waals surface area contributed by atoms with Crippen LogP contribution in [0.2, 0.25) is 0 Å². The second kappa shape index (κ2) is 6.19.